The van der Waals surface area contributed by atoms with Gasteiger partial charge in [-0.25, -0.2) is 0 Å². The zero-order valence-electron chi connectivity index (χ0n) is 34.9. The van der Waals surface area contributed by atoms with Gasteiger partial charge in [0.2, 0.25) is 0 Å². The smallest absolute Gasteiger partial charge is 0.0215 e. The van der Waals surface area contributed by atoms with Gasteiger partial charge >= 0.3 is 0 Å². The molecule has 0 heterocycles. The molecule has 0 amide bonds. The van der Waals surface area contributed by atoms with E-state index in [1.165, 1.54) is 164 Å². The van der Waals surface area contributed by atoms with Gasteiger partial charge in [0, 0.05) is 19.8 Å². The SMILES string of the molecule is CCCCC1(CCCC)c2cc(Br)ccc2-c2ccc(/C(=C(\c3ccccc3)c3ccc4c(c3)C(CCCC)(CCCC)c3cc(Br)ccc3-4)c3ccccc3)cc21. The lowest BCUT2D eigenvalue weighted by Crippen LogP contribution is -2.25. The Hall–Kier alpha value is -3.98. The van der Waals surface area contributed by atoms with Crippen LogP contribution in [0.3, 0.4) is 0 Å². The Labute approximate surface area is 365 Å². The first kappa shape index (κ1) is 40.8. The normalized spacial score (nSPS) is 14.7. The minimum absolute atomic E-state index is 0.0169. The van der Waals surface area contributed by atoms with Crippen LogP contribution in [0.4, 0.5) is 0 Å². The fourth-order valence-electron chi connectivity index (χ4n) is 10.6. The maximum atomic E-state index is 3.90. The molecule has 2 aliphatic rings. The second kappa shape index (κ2) is 17.7. The fraction of sp³-hybridized carbons (Fsp3) is 0.321. The van der Waals surface area contributed by atoms with Crippen molar-refractivity contribution in [1.82, 2.24) is 0 Å². The van der Waals surface area contributed by atoms with Crippen LogP contribution in [0, 0.1) is 0 Å². The van der Waals surface area contributed by atoms with Crippen molar-refractivity contribution in [2.75, 3.05) is 0 Å². The fourth-order valence-corrected chi connectivity index (χ4v) is 11.3. The number of rotatable bonds is 16. The van der Waals surface area contributed by atoms with Crippen LogP contribution in [0.1, 0.15) is 149 Å². The maximum Gasteiger partial charge on any atom is 0.0215 e. The van der Waals surface area contributed by atoms with Crippen molar-refractivity contribution < 1.29 is 0 Å². The Morgan fingerprint density at radius 3 is 1.00 bits per heavy atom. The molecule has 296 valence electrons. The van der Waals surface area contributed by atoms with Gasteiger partial charge in [-0.3, -0.25) is 0 Å². The number of benzene rings is 6. The van der Waals surface area contributed by atoms with Gasteiger partial charge in [-0.2, -0.15) is 0 Å². The summed E-state index contributed by atoms with van der Waals surface area (Å²) in [4.78, 5) is 0. The Kier molecular flexibility index (Phi) is 12.4. The van der Waals surface area contributed by atoms with Gasteiger partial charge in [-0.05, 0) is 140 Å². The molecule has 0 nitrogen and oxygen atoms in total. The summed E-state index contributed by atoms with van der Waals surface area (Å²) in [6.07, 6.45) is 14.3. The highest BCUT2D eigenvalue weighted by Crippen LogP contribution is 2.57. The summed E-state index contributed by atoms with van der Waals surface area (Å²) >= 11 is 7.79. The van der Waals surface area contributed by atoms with Crippen molar-refractivity contribution in [3.05, 3.63) is 187 Å². The molecular formula is C56H58Br2. The molecule has 6 aromatic rings. The molecule has 0 atom stereocenters. The monoisotopic (exact) mass is 888 g/mol. The zero-order valence-corrected chi connectivity index (χ0v) is 38.1. The summed E-state index contributed by atoms with van der Waals surface area (Å²) in [6, 6.07) is 51.6. The van der Waals surface area contributed by atoms with E-state index >= 15 is 0 Å². The van der Waals surface area contributed by atoms with Gasteiger partial charge in [-0.15, -0.1) is 0 Å². The van der Waals surface area contributed by atoms with Crippen molar-refractivity contribution in [2.45, 2.75) is 116 Å². The molecule has 8 rings (SSSR count). The Morgan fingerprint density at radius 1 is 0.362 bits per heavy atom. The molecule has 0 bridgehead atoms. The number of hydrogen-bond donors (Lipinski definition) is 0. The number of fused-ring (bicyclic) bond motifs is 6. The molecule has 0 aliphatic heterocycles. The third-order valence-electron chi connectivity index (χ3n) is 13.4. The number of halogens is 2. The van der Waals surface area contributed by atoms with Gasteiger partial charge in [0.15, 0.2) is 0 Å². The highest BCUT2D eigenvalue weighted by atomic mass is 79.9. The summed E-state index contributed by atoms with van der Waals surface area (Å²) in [7, 11) is 0. The van der Waals surface area contributed by atoms with E-state index in [0.29, 0.717) is 0 Å². The molecule has 6 aromatic carbocycles. The highest BCUT2D eigenvalue weighted by molar-refractivity contribution is 9.10. The van der Waals surface area contributed by atoms with E-state index in [9.17, 15) is 0 Å². The number of unbranched alkanes of at least 4 members (excludes halogenated alkanes) is 4. The van der Waals surface area contributed by atoms with Gasteiger partial charge in [0.1, 0.15) is 0 Å². The molecule has 2 aliphatic carbocycles. The average molecular weight is 891 g/mol. The largest absolute Gasteiger partial charge is 0.0654 e. The van der Waals surface area contributed by atoms with Crippen LogP contribution in [0.5, 0.6) is 0 Å². The van der Waals surface area contributed by atoms with Crippen LogP contribution in [0.15, 0.2) is 142 Å². The van der Waals surface area contributed by atoms with Crippen LogP contribution in [-0.2, 0) is 10.8 Å². The predicted molar refractivity (Wildman–Crippen MR) is 257 cm³/mol. The maximum absolute atomic E-state index is 3.90. The molecule has 0 unspecified atom stereocenters. The number of hydrogen-bond acceptors (Lipinski definition) is 0. The summed E-state index contributed by atoms with van der Waals surface area (Å²) in [5.41, 5.74) is 19.3. The first-order valence-corrected chi connectivity index (χ1v) is 23.7. The van der Waals surface area contributed by atoms with Crippen molar-refractivity contribution >= 4 is 43.0 Å². The summed E-state index contributed by atoms with van der Waals surface area (Å²) < 4.78 is 2.35. The second-order valence-electron chi connectivity index (χ2n) is 17.0. The first-order chi connectivity index (χ1) is 28.4. The Balaban J connectivity index is 1.42. The van der Waals surface area contributed by atoms with E-state index in [1.54, 1.807) is 0 Å². The summed E-state index contributed by atoms with van der Waals surface area (Å²) in [5, 5.41) is 0. The lowest BCUT2D eigenvalue weighted by molar-refractivity contribution is 0.414. The van der Waals surface area contributed by atoms with Crippen molar-refractivity contribution in [3.8, 4) is 22.3 Å². The molecule has 58 heavy (non-hydrogen) atoms. The summed E-state index contributed by atoms with van der Waals surface area (Å²) in [5.74, 6) is 0. The third-order valence-corrected chi connectivity index (χ3v) is 14.4. The van der Waals surface area contributed by atoms with Crippen molar-refractivity contribution in [1.29, 1.82) is 0 Å². The minimum atomic E-state index is -0.0169. The topological polar surface area (TPSA) is 0 Å². The zero-order chi connectivity index (χ0) is 40.3. The molecule has 0 radical (unpaired) electrons. The van der Waals surface area contributed by atoms with Crippen LogP contribution in [0.25, 0.3) is 33.4 Å². The van der Waals surface area contributed by atoms with Crippen LogP contribution < -0.4 is 0 Å². The van der Waals surface area contributed by atoms with Crippen LogP contribution in [-0.4, -0.2) is 0 Å². The van der Waals surface area contributed by atoms with E-state index in [4.69, 9.17) is 0 Å². The average Bonchev–Trinajstić information content (AvgIpc) is 3.67. The Morgan fingerprint density at radius 2 is 0.672 bits per heavy atom. The van der Waals surface area contributed by atoms with Crippen molar-refractivity contribution in [2.24, 2.45) is 0 Å². The standard InChI is InChI=1S/C56H58Br2/c1-5-9-31-55(32-10-6-2)49-35-41(23-27-45(49)47-29-25-43(57)37-51(47)55)53(39-19-15-13-16-20-39)54(40-21-17-14-18-22-40)42-24-28-46-48-30-26-44(58)38-52(48)56(33-11-7-3,34-12-8-4)50(46)36-42/h13-30,35-38H,5-12,31-34H2,1-4H3/b54-53+. The van der Waals surface area contributed by atoms with E-state index in [2.05, 4.69) is 193 Å². The first-order valence-electron chi connectivity index (χ1n) is 22.1. The quantitative estimate of drug-likeness (QED) is 0.0850. The summed E-state index contributed by atoms with van der Waals surface area (Å²) in [6.45, 7) is 9.38. The van der Waals surface area contributed by atoms with Crippen LogP contribution in [0.2, 0.25) is 0 Å². The Bertz CT molecular complexity index is 2230. The molecule has 0 aromatic heterocycles. The molecule has 0 saturated carbocycles. The van der Waals surface area contributed by atoms with E-state index in [-0.39, 0.29) is 10.8 Å². The molecule has 0 saturated heterocycles. The third kappa shape index (κ3) is 7.32. The van der Waals surface area contributed by atoms with E-state index < -0.39 is 0 Å². The molecule has 2 heteroatoms. The lowest BCUT2D eigenvalue weighted by atomic mass is 9.70. The highest BCUT2D eigenvalue weighted by Gasteiger charge is 2.44. The van der Waals surface area contributed by atoms with E-state index in [1.807, 2.05) is 0 Å². The molecule has 0 N–H and O–H groups in total. The van der Waals surface area contributed by atoms with Crippen molar-refractivity contribution in [3.63, 3.8) is 0 Å². The van der Waals surface area contributed by atoms with Gasteiger partial charge < -0.3 is 0 Å². The molecular weight excluding hydrogens is 832 g/mol. The molecule has 0 spiro atoms. The van der Waals surface area contributed by atoms with E-state index in [0.717, 1.165) is 0 Å². The van der Waals surface area contributed by atoms with Gasteiger partial charge in [-0.1, -0.05) is 208 Å². The minimum Gasteiger partial charge on any atom is -0.0654 e. The second-order valence-corrected chi connectivity index (χ2v) is 18.8. The van der Waals surface area contributed by atoms with Crippen LogP contribution >= 0.6 is 31.9 Å². The van der Waals surface area contributed by atoms with Gasteiger partial charge in [0.05, 0.1) is 0 Å². The lowest BCUT2D eigenvalue weighted by Gasteiger charge is -2.33. The van der Waals surface area contributed by atoms with Gasteiger partial charge in [0.25, 0.3) is 0 Å². The molecule has 0 fully saturated rings. The predicted octanol–water partition coefficient (Wildman–Crippen LogP) is 17.5.